The molecule has 0 aliphatic carbocycles. The first kappa shape index (κ1) is 16.0. The third kappa shape index (κ3) is 3.63. The predicted molar refractivity (Wildman–Crippen MR) is 81.2 cm³/mol. The highest BCUT2D eigenvalue weighted by molar-refractivity contribution is 5.88. The van der Waals surface area contributed by atoms with Crippen LogP contribution in [0.3, 0.4) is 0 Å². The minimum Gasteiger partial charge on any atom is -0.480 e. The number of benzene rings is 1. The minimum atomic E-state index is -1.19. The molecule has 0 aliphatic rings. The van der Waals surface area contributed by atoms with E-state index in [0.717, 1.165) is 16.5 Å². The van der Waals surface area contributed by atoms with E-state index in [2.05, 4.69) is 10.3 Å². The molecule has 1 aromatic carbocycles. The third-order valence-corrected chi connectivity index (χ3v) is 3.48. The van der Waals surface area contributed by atoms with Crippen molar-refractivity contribution in [1.82, 2.24) is 10.3 Å². The van der Waals surface area contributed by atoms with Crippen LogP contribution in [0.25, 0.3) is 10.9 Å². The van der Waals surface area contributed by atoms with Gasteiger partial charge in [0.1, 0.15) is 6.04 Å². The van der Waals surface area contributed by atoms with Crippen molar-refractivity contribution in [2.75, 3.05) is 6.61 Å². The quantitative estimate of drug-likeness (QED) is 0.491. The Morgan fingerprint density at radius 2 is 2.05 bits per heavy atom. The average Bonchev–Trinajstić information content (AvgIpc) is 2.90. The van der Waals surface area contributed by atoms with Crippen molar-refractivity contribution in [2.24, 2.45) is 5.73 Å². The average molecular weight is 305 g/mol. The molecule has 0 saturated heterocycles. The molecule has 0 fully saturated rings. The number of nitrogens with two attached hydrogens (primary N) is 1. The predicted octanol–water partition coefficient (Wildman–Crippen LogP) is -0.0105. The van der Waals surface area contributed by atoms with Gasteiger partial charge in [-0.15, -0.1) is 0 Å². The number of fused-ring (bicyclic) bond motifs is 1. The van der Waals surface area contributed by atoms with Crippen LogP contribution in [0.2, 0.25) is 0 Å². The van der Waals surface area contributed by atoms with Crippen LogP contribution in [-0.4, -0.2) is 45.8 Å². The largest absolute Gasteiger partial charge is 0.480 e. The molecule has 1 amide bonds. The number of para-hydroxylation sites is 1. The lowest BCUT2D eigenvalue weighted by Crippen LogP contribution is -2.49. The van der Waals surface area contributed by atoms with Gasteiger partial charge < -0.3 is 26.2 Å². The van der Waals surface area contributed by atoms with E-state index in [4.69, 9.17) is 15.9 Å². The number of hydrogen-bond donors (Lipinski definition) is 5. The normalized spacial score (nSPS) is 13.7. The molecular weight excluding hydrogens is 286 g/mol. The Labute approximate surface area is 127 Å². The molecule has 2 rings (SSSR count). The Kier molecular flexibility index (Phi) is 5.13. The van der Waals surface area contributed by atoms with Crippen LogP contribution in [0.15, 0.2) is 30.5 Å². The van der Waals surface area contributed by atoms with E-state index in [-0.39, 0.29) is 13.0 Å². The molecule has 22 heavy (non-hydrogen) atoms. The van der Waals surface area contributed by atoms with E-state index >= 15 is 0 Å². The summed E-state index contributed by atoms with van der Waals surface area (Å²) in [6.45, 7) is -0.324. The van der Waals surface area contributed by atoms with Crippen LogP contribution in [-0.2, 0) is 16.0 Å². The van der Waals surface area contributed by atoms with E-state index in [1.54, 1.807) is 6.20 Å². The second-order valence-electron chi connectivity index (χ2n) is 5.08. The van der Waals surface area contributed by atoms with Gasteiger partial charge in [0.15, 0.2) is 0 Å². The first-order chi connectivity index (χ1) is 10.5. The number of aromatic nitrogens is 1. The summed E-state index contributed by atoms with van der Waals surface area (Å²) in [4.78, 5) is 26.1. The van der Waals surface area contributed by atoms with Crippen LogP contribution in [0, 0.1) is 0 Å². The smallest absolute Gasteiger partial charge is 0.326 e. The number of carboxylic acids is 1. The number of carboxylic acid groups (broad SMARTS) is 1. The number of carbonyl (C=O) groups is 2. The molecule has 7 nitrogen and oxygen atoms in total. The van der Waals surface area contributed by atoms with Gasteiger partial charge in [-0.1, -0.05) is 18.2 Å². The number of nitrogens with one attached hydrogen (secondary N) is 2. The molecule has 2 atom stereocenters. The van der Waals surface area contributed by atoms with Gasteiger partial charge in [-0.2, -0.15) is 0 Å². The van der Waals surface area contributed by atoms with Gasteiger partial charge in [0, 0.05) is 30.1 Å². The summed E-state index contributed by atoms with van der Waals surface area (Å²) in [6, 6.07) is 5.66. The summed E-state index contributed by atoms with van der Waals surface area (Å²) in [5.41, 5.74) is 7.71. The zero-order valence-corrected chi connectivity index (χ0v) is 12.0. The van der Waals surface area contributed by atoms with E-state index in [1.165, 1.54) is 0 Å². The van der Waals surface area contributed by atoms with E-state index in [0.29, 0.717) is 6.42 Å². The van der Waals surface area contributed by atoms with Crippen LogP contribution < -0.4 is 11.1 Å². The molecule has 1 heterocycles. The minimum absolute atomic E-state index is 0.0547. The fraction of sp³-hybridized carbons (Fsp3) is 0.333. The third-order valence-electron chi connectivity index (χ3n) is 3.48. The topological polar surface area (TPSA) is 128 Å². The van der Waals surface area contributed by atoms with Gasteiger partial charge in [-0.3, -0.25) is 4.79 Å². The SMILES string of the molecule is N[C@H](Cc1c[nH]c2ccccc12)C(=O)N[C@@H](CCO)C(=O)O. The van der Waals surface area contributed by atoms with Gasteiger partial charge in [0.2, 0.25) is 5.91 Å². The van der Waals surface area contributed by atoms with Crippen molar-refractivity contribution in [3.63, 3.8) is 0 Å². The van der Waals surface area contributed by atoms with Gasteiger partial charge in [-0.25, -0.2) is 4.79 Å². The van der Waals surface area contributed by atoms with Crippen LogP contribution >= 0.6 is 0 Å². The number of carbonyl (C=O) groups excluding carboxylic acids is 1. The van der Waals surface area contributed by atoms with Crippen molar-refractivity contribution < 1.29 is 19.8 Å². The van der Waals surface area contributed by atoms with Gasteiger partial charge in [0.25, 0.3) is 0 Å². The Balaban J connectivity index is 2.03. The van der Waals surface area contributed by atoms with Gasteiger partial charge in [-0.05, 0) is 18.1 Å². The Hall–Kier alpha value is -2.38. The molecule has 2 aromatic rings. The van der Waals surface area contributed by atoms with Crippen LogP contribution in [0.5, 0.6) is 0 Å². The summed E-state index contributed by atoms with van der Waals surface area (Å²) in [7, 11) is 0. The Morgan fingerprint density at radius 1 is 1.32 bits per heavy atom. The molecule has 6 N–H and O–H groups in total. The number of hydrogen-bond acceptors (Lipinski definition) is 4. The second-order valence-corrected chi connectivity index (χ2v) is 5.08. The van der Waals surface area contributed by atoms with E-state index in [1.807, 2.05) is 24.3 Å². The fourth-order valence-corrected chi connectivity index (χ4v) is 2.30. The number of aliphatic carboxylic acids is 1. The van der Waals surface area contributed by atoms with Gasteiger partial charge in [0.05, 0.1) is 6.04 Å². The molecular formula is C15H19N3O4. The number of H-pyrrole nitrogens is 1. The fourth-order valence-electron chi connectivity index (χ4n) is 2.30. The number of aliphatic hydroxyl groups is 1. The van der Waals surface area contributed by atoms with Crippen molar-refractivity contribution in [3.05, 3.63) is 36.0 Å². The molecule has 0 unspecified atom stereocenters. The molecule has 0 bridgehead atoms. The summed E-state index contributed by atoms with van der Waals surface area (Å²) in [5, 5.41) is 21.1. The van der Waals surface area contributed by atoms with Crippen LogP contribution in [0.4, 0.5) is 0 Å². The molecule has 118 valence electrons. The van der Waals surface area contributed by atoms with E-state index in [9.17, 15) is 9.59 Å². The molecule has 0 aliphatic heterocycles. The first-order valence-corrected chi connectivity index (χ1v) is 6.97. The van der Waals surface area contributed by atoms with Gasteiger partial charge >= 0.3 is 5.97 Å². The Morgan fingerprint density at radius 3 is 2.73 bits per heavy atom. The van der Waals surface area contributed by atoms with Crippen molar-refractivity contribution in [2.45, 2.75) is 24.9 Å². The highest BCUT2D eigenvalue weighted by atomic mass is 16.4. The maximum Gasteiger partial charge on any atom is 0.326 e. The molecule has 0 radical (unpaired) electrons. The highest BCUT2D eigenvalue weighted by Gasteiger charge is 2.23. The molecule has 0 saturated carbocycles. The number of amides is 1. The maximum absolute atomic E-state index is 12.0. The van der Waals surface area contributed by atoms with Crippen molar-refractivity contribution >= 4 is 22.8 Å². The molecule has 1 aromatic heterocycles. The second kappa shape index (κ2) is 7.06. The number of rotatable bonds is 7. The monoisotopic (exact) mass is 305 g/mol. The zero-order valence-electron chi connectivity index (χ0n) is 12.0. The van der Waals surface area contributed by atoms with Crippen molar-refractivity contribution in [1.29, 1.82) is 0 Å². The summed E-state index contributed by atoms with van der Waals surface area (Å²) < 4.78 is 0. The van der Waals surface area contributed by atoms with E-state index < -0.39 is 24.0 Å². The lowest BCUT2D eigenvalue weighted by molar-refractivity contribution is -0.142. The summed E-state index contributed by atoms with van der Waals surface area (Å²) in [6.07, 6.45) is 2.03. The standard InChI is InChI=1S/C15H19N3O4/c16-11(14(20)18-13(5-6-19)15(21)22)7-9-8-17-12-4-2-1-3-10(9)12/h1-4,8,11,13,17,19H,5-7,16H2,(H,18,20)(H,21,22)/t11-,13+/m1/s1. The number of aliphatic hydroxyl groups excluding tert-OH is 1. The maximum atomic E-state index is 12.0. The van der Waals surface area contributed by atoms with Crippen molar-refractivity contribution in [3.8, 4) is 0 Å². The van der Waals surface area contributed by atoms with Crippen LogP contribution in [0.1, 0.15) is 12.0 Å². The zero-order chi connectivity index (χ0) is 16.1. The lowest BCUT2D eigenvalue weighted by atomic mass is 10.0. The first-order valence-electron chi connectivity index (χ1n) is 6.97. The summed E-state index contributed by atoms with van der Waals surface area (Å²) in [5.74, 6) is -1.74. The number of aromatic amines is 1. The molecule has 7 heteroatoms. The Bertz CT molecular complexity index is 668. The molecule has 0 spiro atoms. The highest BCUT2D eigenvalue weighted by Crippen LogP contribution is 2.18. The summed E-state index contributed by atoms with van der Waals surface area (Å²) >= 11 is 0. The lowest BCUT2D eigenvalue weighted by Gasteiger charge is -2.17.